The maximum atomic E-state index is 5.64. The van der Waals surface area contributed by atoms with Crippen LogP contribution in [0.25, 0.3) is 0 Å². The van der Waals surface area contributed by atoms with Crippen molar-refractivity contribution in [3.8, 4) is 5.75 Å². The first-order valence-corrected chi connectivity index (χ1v) is 5.62. The van der Waals surface area contributed by atoms with Crippen molar-refractivity contribution in [1.82, 2.24) is 4.98 Å². The number of nitrogens with two attached hydrogens (primary N) is 1. The second-order valence-electron chi connectivity index (χ2n) is 3.34. The summed E-state index contributed by atoms with van der Waals surface area (Å²) in [5.41, 5.74) is 7.44. The first-order chi connectivity index (χ1) is 7.75. The van der Waals surface area contributed by atoms with Crippen LogP contribution in [0.4, 0.5) is 5.69 Å². The fraction of sp³-hybridized carbons (Fsp3) is 0.0833. The van der Waals surface area contributed by atoms with Gasteiger partial charge in [-0.25, -0.2) is 0 Å². The van der Waals surface area contributed by atoms with Crippen LogP contribution in [-0.4, -0.2) is 4.98 Å². The molecule has 0 saturated carbocycles. The summed E-state index contributed by atoms with van der Waals surface area (Å²) in [5.74, 6) is 0.784. The van der Waals surface area contributed by atoms with Crippen LogP contribution in [0.5, 0.6) is 5.75 Å². The highest BCUT2D eigenvalue weighted by Gasteiger charge is 2.00. The number of pyridine rings is 1. The molecule has 2 N–H and O–H groups in total. The lowest BCUT2D eigenvalue weighted by molar-refractivity contribution is 0.304. The number of aromatic nitrogens is 1. The maximum Gasteiger partial charge on any atom is 0.137 e. The van der Waals surface area contributed by atoms with E-state index in [1.54, 1.807) is 12.4 Å². The van der Waals surface area contributed by atoms with Crippen molar-refractivity contribution in [2.75, 3.05) is 5.73 Å². The molecular weight excluding hydrogens is 268 g/mol. The standard InChI is InChI=1S/C12H11BrN2O/c13-11-7-15-6-5-12(11)16-8-9-1-3-10(14)4-2-9/h1-7H,8,14H2. The lowest BCUT2D eigenvalue weighted by Gasteiger charge is -2.07. The molecule has 16 heavy (non-hydrogen) atoms. The van der Waals surface area contributed by atoms with Gasteiger partial charge in [-0.2, -0.15) is 0 Å². The van der Waals surface area contributed by atoms with Gasteiger partial charge in [-0.3, -0.25) is 4.98 Å². The van der Waals surface area contributed by atoms with Gasteiger partial charge in [0.1, 0.15) is 12.4 Å². The van der Waals surface area contributed by atoms with Crippen LogP contribution in [0.2, 0.25) is 0 Å². The number of nitrogen functional groups attached to an aromatic ring is 1. The van der Waals surface area contributed by atoms with Gasteiger partial charge in [0.2, 0.25) is 0 Å². The Bertz CT molecular complexity index is 471. The molecule has 0 spiro atoms. The van der Waals surface area contributed by atoms with Gasteiger partial charge >= 0.3 is 0 Å². The van der Waals surface area contributed by atoms with Gasteiger partial charge in [-0.1, -0.05) is 12.1 Å². The minimum atomic E-state index is 0.517. The van der Waals surface area contributed by atoms with Gasteiger partial charge in [-0.15, -0.1) is 0 Å². The SMILES string of the molecule is Nc1ccc(COc2ccncc2Br)cc1. The summed E-state index contributed by atoms with van der Waals surface area (Å²) in [6.07, 6.45) is 3.40. The number of benzene rings is 1. The maximum absolute atomic E-state index is 5.64. The van der Waals surface area contributed by atoms with Gasteiger partial charge in [-0.05, 0) is 39.7 Å². The number of hydrogen-bond donors (Lipinski definition) is 1. The highest BCUT2D eigenvalue weighted by molar-refractivity contribution is 9.10. The summed E-state index contributed by atoms with van der Waals surface area (Å²) in [6.45, 7) is 0.517. The Balaban J connectivity index is 2.02. The van der Waals surface area contributed by atoms with Crippen LogP contribution in [0, 0.1) is 0 Å². The first-order valence-electron chi connectivity index (χ1n) is 4.82. The highest BCUT2D eigenvalue weighted by Crippen LogP contribution is 2.23. The van der Waals surface area contributed by atoms with E-state index in [9.17, 15) is 0 Å². The normalized spacial score (nSPS) is 10.1. The first kappa shape index (κ1) is 11.0. The predicted molar refractivity (Wildman–Crippen MR) is 67.1 cm³/mol. The number of nitrogens with zero attached hydrogens (tertiary/aromatic N) is 1. The molecule has 0 saturated heterocycles. The number of ether oxygens (including phenoxy) is 1. The largest absolute Gasteiger partial charge is 0.488 e. The van der Waals surface area contributed by atoms with Crippen molar-refractivity contribution in [3.05, 3.63) is 52.8 Å². The van der Waals surface area contributed by atoms with Crippen LogP contribution in [0.15, 0.2) is 47.2 Å². The lowest BCUT2D eigenvalue weighted by Crippen LogP contribution is -1.96. The Morgan fingerprint density at radius 2 is 1.94 bits per heavy atom. The van der Waals surface area contributed by atoms with E-state index in [4.69, 9.17) is 10.5 Å². The molecule has 2 aromatic rings. The quantitative estimate of drug-likeness (QED) is 0.878. The van der Waals surface area contributed by atoms with Crippen molar-refractivity contribution in [1.29, 1.82) is 0 Å². The molecule has 0 unspecified atom stereocenters. The highest BCUT2D eigenvalue weighted by atomic mass is 79.9. The summed E-state index contributed by atoms with van der Waals surface area (Å²) in [4.78, 5) is 3.97. The van der Waals surface area contributed by atoms with E-state index in [0.717, 1.165) is 21.5 Å². The van der Waals surface area contributed by atoms with E-state index < -0.39 is 0 Å². The zero-order valence-electron chi connectivity index (χ0n) is 8.56. The summed E-state index contributed by atoms with van der Waals surface area (Å²) < 4.78 is 6.49. The third-order valence-electron chi connectivity index (χ3n) is 2.11. The minimum absolute atomic E-state index is 0.517. The van der Waals surface area contributed by atoms with Gasteiger partial charge in [0, 0.05) is 18.1 Å². The van der Waals surface area contributed by atoms with Crippen LogP contribution in [0.1, 0.15) is 5.56 Å². The molecule has 4 heteroatoms. The summed E-state index contributed by atoms with van der Waals surface area (Å²) in [7, 11) is 0. The zero-order valence-corrected chi connectivity index (χ0v) is 10.1. The van der Waals surface area contributed by atoms with E-state index in [0.29, 0.717) is 6.61 Å². The molecule has 0 radical (unpaired) electrons. The van der Waals surface area contributed by atoms with Gasteiger partial charge in [0.15, 0.2) is 0 Å². The molecule has 0 bridgehead atoms. The fourth-order valence-electron chi connectivity index (χ4n) is 1.25. The molecule has 0 atom stereocenters. The average molecular weight is 279 g/mol. The molecule has 1 aromatic carbocycles. The molecule has 3 nitrogen and oxygen atoms in total. The predicted octanol–water partition coefficient (Wildman–Crippen LogP) is 3.01. The van der Waals surface area contributed by atoms with Crippen molar-refractivity contribution in [3.63, 3.8) is 0 Å². The topological polar surface area (TPSA) is 48.1 Å². The van der Waals surface area contributed by atoms with Crippen LogP contribution < -0.4 is 10.5 Å². The molecule has 1 heterocycles. The fourth-order valence-corrected chi connectivity index (χ4v) is 1.62. The third-order valence-corrected chi connectivity index (χ3v) is 2.70. The zero-order chi connectivity index (χ0) is 11.4. The average Bonchev–Trinajstić information content (AvgIpc) is 2.30. The Hall–Kier alpha value is -1.55. The molecule has 0 fully saturated rings. The Morgan fingerprint density at radius 1 is 1.19 bits per heavy atom. The number of anilines is 1. The second-order valence-corrected chi connectivity index (χ2v) is 4.19. The van der Waals surface area contributed by atoms with Crippen LogP contribution >= 0.6 is 15.9 Å². The summed E-state index contributed by atoms with van der Waals surface area (Å²) >= 11 is 3.37. The monoisotopic (exact) mass is 278 g/mol. The van der Waals surface area contributed by atoms with Crippen molar-refractivity contribution in [2.24, 2.45) is 0 Å². The van der Waals surface area contributed by atoms with Crippen molar-refractivity contribution in [2.45, 2.75) is 6.61 Å². The second kappa shape index (κ2) is 4.99. The number of rotatable bonds is 3. The molecule has 2 rings (SSSR count). The minimum Gasteiger partial charge on any atom is -0.488 e. The third kappa shape index (κ3) is 2.73. The Labute approximate surface area is 102 Å². The Morgan fingerprint density at radius 3 is 2.62 bits per heavy atom. The number of halogens is 1. The molecule has 0 aliphatic rings. The van der Waals surface area contributed by atoms with E-state index in [2.05, 4.69) is 20.9 Å². The van der Waals surface area contributed by atoms with E-state index in [1.807, 2.05) is 30.3 Å². The van der Waals surface area contributed by atoms with E-state index in [-0.39, 0.29) is 0 Å². The molecule has 82 valence electrons. The van der Waals surface area contributed by atoms with Crippen molar-refractivity contribution < 1.29 is 4.74 Å². The van der Waals surface area contributed by atoms with Gasteiger partial charge in [0.25, 0.3) is 0 Å². The molecule has 0 aliphatic heterocycles. The molecule has 0 aliphatic carbocycles. The molecule has 0 amide bonds. The Kier molecular flexibility index (Phi) is 3.41. The molecular formula is C12H11BrN2O. The van der Waals surface area contributed by atoms with E-state index >= 15 is 0 Å². The summed E-state index contributed by atoms with van der Waals surface area (Å²) in [5, 5.41) is 0. The van der Waals surface area contributed by atoms with Crippen LogP contribution in [-0.2, 0) is 6.61 Å². The lowest BCUT2D eigenvalue weighted by atomic mass is 10.2. The van der Waals surface area contributed by atoms with E-state index in [1.165, 1.54) is 0 Å². The smallest absolute Gasteiger partial charge is 0.137 e. The van der Waals surface area contributed by atoms with Gasteiger partial charge in [0.05, 0.1) is 4.47 Å². The number of hydrogen-bond acceptors (Lipinski definition) is 3. The van der Waals surface area contributed by atoms with Crippen molar-refractivity contribution >= 4 is 21.6 Å². The van der Waals surface area contributed by atoms with Crippen LogP contribution in [0.3, 0.4) is 0 Å². The molecule has 1 aromatic heterocycles. The van der Waals surface area contributed by atoms with Gasteiger partial charge < -0.3 is 10.5 Å². The summed E-state index contributed by atoms with van der Waals surface area (Å²) in [6, 6.07) is 9.44.